The third kappa shape index (κ3) is 5.38. The standard InChI is InChI=1S/C15H30N2O/c1-4-14(5-2)17-15(18)11-16-12(3)13-9-7-6-8-10-13/h12-14,16H,4-11H2,1-3H3,(H,17,18). The van der Waals surface area contributed by atoms with E-state index in [4.69, 9.17) is 0 Å². The van der Waals surface area contributed by atoms with Gasteiger partial charge in [0.2, 0.25) is 5.91 Å². The second kappa shape index (κ2) is 8.52. The quantitative estimate of drug-likeness (QED) is 0.733. The maximum absolute atomic E-state index is 11.8. The average molecular weight is 254 g/mol. The fourth-order valence-corrected chi connectivity index (χ4v) is 2.83. The fourth-order valence-electron chi connectivity index (χ4n) is 2.83. The van der Waals surface area contributed by atoms with Gasteiger partial charge < -0.3 is 10.6 Å². The van der Waals surface area contributed by atoms with E-state index in [2.05, 4.69) is 31.4 Å². The second-order valence-electron chi connectivity index (χ2n) is 5.65. The van der Waals surface area contributed by atoms with Crippen LogP contribution in [0.1, 0.15) is 65.7 Å². The molecule has 0 aromatic carbocycles. The molecule has 0 radical (unpaired) electrons. The first kappa shape index (κ1) is 15.5. The van der Waals surface area contributed by atoms with Crippen LogP contribution in [0.5, 0.6) is 0 Å². The van der Waals surface area contributed by atoms with Crippen molar-refractivity contribution in [3.05, 3.63) is 0 Å². The Kier molecular flexibility index (Phi) is 7.33. The van der Waals surface area contributed by atoms with E-state index < -0.39 is 0 Å². The smallest absolute Gasteiger partial charge is 0.234 e. The van der Waals surface area contributed by atoms with Gasteiger partial charge in [0.1, 0.15) is 0 Å². The van der Waals surface area contributed by atoms with Crippen molar-refractivity contribution in [1.82, 2.24) is 10.6 Å². The minimum Gasteiger partial charge on any atom is -0.352 e. The van der Waals surface area contributed by atoms with Crippen molar-refractivity contribution >= 4 is 5.91 Å². The lowest BCUT2D eigenvalue weighted by Gasteiger charge is -2.28. The van der Waals surface area contributed by atoms with Gasteiger partial charge in [-0.3, -0.25) is 4.79 Å². The maximum Gasteiger partial charge on any atom is 0.234 e. The van der Waals surface area contributed by atoms with E-state index in [0.717, 1.165) is 18.8 Å². The molecule has 18 heavy (non-hydrogen) atoms. The summed E-state index contributed by atoms with van der Waals surface area (Å²) >= 11 is 0. The Morgan fingerprint density at radius 1 is 1.17 bits per heavy atom. The van der Waals surface area contributed by atoms with Crippen LogP contribution in [-0.2, 0) is 4.79 Å². The summed E-state index contributed by atoms with van der Waals surface area (Å²) in [6.07, 6.45) is 8.77. The van der Waals surface area contributed by atoms with Crippen molar-refractivity contribution in [2.24, 2.45) is 5.92 Å². The molecule has 1 amide bonds. The molecule has 1 aliphatic carbocycles. The Balaban J connectivity index is 2.20. The first-order valence-electron chi connectivity index (χ1n) is 7.70. The SMILES string of the molecule is CCC(CC)NC(=O)CNC(C)C1CCCCC1. The number of hydrogen-bond acceptors (Lipinski definition) is 2. The Morgan fingerprint density at radius 3 is 2.33 bits per heavy atom. The minimum absolute atomic E-state index is 0.145. The van der Waals surface area contributed by atoms with Crippen LogP contribution >= 0.6 is 0 Å². The van der Waals surface area contributed by atoms with Gasteiger partial charge >= 0.3 is 0 Å². The van der Waals surface area contributed by atoms with Gasteiger partial charge in [0.15, 0.2) is 0 Å². The van der Waals surface area contributed by atoms with E-state index in [0.29, 0.717) is 18.6 Å². The molecule has 0 saturated heterocycles. The molecule has 1 unspecified atom stereocenters. The second-order valence-corrected chi connectivity index (χ2v) is 5.65. The molecule has 1 fully saturated rings. The molecule has 0 spiro atoms. The van der Waals surface area contributed by atoms with Gasteiger partial charge in [-0.05, 0) is 38.5 Å². The number of rotatable bonds is 7. The van der Waals surface area contributed by atoms with Gasteiger partial charge in [0.05, 0.1) is 6.54 Å². The number of hydrogen-bond donors (Lipinski definition) is 2. The van der Waals surface area contributed by atoms with Crippen LogP contribution in [0.4, 0.5) is 0 Å². The Labute approximate surface area is 112 Å². The lowest BCUT2D eigenvalue weighted by atomic mass is 9.84. The van der Waals surface area contributed by atoms with Gasteiger partial charge in [-0.15, -0.1) is 0 Å². The zero-order valence-corrected chi connectivity index (χ0v) is 12.3. The lowest BCUT2D eigenvalue weighted by molar-refractivity contribution is -0.121. The number of amides is 1. The molecule has 0 aliphatic heterocycles. The van der Waals surface area contributed by atoms with E-state index in [9.17, 15) is 4.79 Å². The highest BCUT2D eigenvalue weighted by Gasteiger charge is 2.20. The summed E-state index contributed by atoms with van der Waals surface area (Å²) in [6, 6.07) is 0.807. The largest absolute Gasteiger partial charge is 0.352 e. The Morgan fingerprint density at radius 2 is 1.78 bits per heavy atom. The summed E-state index contributed by atoms with van der Waals surface area (Å²) in [6.45, 7) is 6.92. The molecule has 0 bridgehead atoms. The highest BCUT2D eigenvalue weighted by Crippen LogP contribution is 2.26. The molecule has 0 heterocycles. The van der Waals surface area contributed by atoms with E-state index in [1.54, 1.807) is 0 Å². The molecule has 1 rings (SSSR count). The highest BCUT2D eigenvalue weighted by molar-refractivity contribution is 5.78. The minimum atomic E-state index is 0.145. The number of nitrogens with one attached hydrogen (secondary N) is 2. The highest BCUT2D eigenvalue weighted by atomic mass is 16.1. The summed E-state index contributed by atoms with van der Waals surface area (Å²) in [5.41, 5.74) is 0. The fraction of sp³-hybridized carbons (Fsp3) is 0.933. The van der Waals surface area contributed by atoms with Crippen LogP contribution in [0, 0.1) is 5.92 Å². The van der Waals surface area contributed by atoms with Crippen LogP contribution in [0.3, 0.4) is 0 Å². The van der Waals surface area contributed by atoms with Crippen LogP contribution in [0.15, 0.2) is 0 Å². The molecule has 1 saturated carbocycles. The topological polar surface area (TPSA) is 41.1 Å². The van der Waals surface area contributed by atoms with Gasteiger partial charge in [-0.1, -0.05) is 33.1 Å². The van der Waals surface area contributed by atoms with Crippen LogP contribution in [0.2, 0.25) is 0 Å². The molecular weight excluding hydrogens is 224 g/mol. The average Bonchev–Trinajstić information content (AvgIpc) is 2.43. The van der Waals surface area contributed by atoms with Crippen molar-refractivity contribution in [2.75, 3.05) is 6.54 Å². The molecule has 1 aliphatic rings. The first-order chi connectivity index (χ1) is 8.67. The molecule has 106 valence electrons. The predicted molar refractivity (Wildman–Crippen MR) is 76.6 cm³/mol. The van der Waals surface area contributed by atoms with Crippen molar-refractivity contribution in [2.45, 2.75) is 77.8 Å². The lowest BCUT2D eigenvalue weighted by Crippen LogP contribution is -2.44. The zero-order valence-electron chi connectivity index (χ0n) is 12.3. The summed E-state index contributed by atoms with van der Waals surface area (Å²) in [4.78, 5) is 11.8. The third-order valence-corrected chi connectivity index (χ3v) is 4.29. The van der Waals surface area contributed by atoms with Crippen molar-refractivity contribution in [3.8, 4) is 0 Å². The Bertz CT molecular complexity index is 233. The molecule has 1 atom stereocenters. The summed E-state index contributed by atoms with van der Waals surface area (Å²) in [7, 11) is 0. The molecule has 3 nitrogen and oxygen atoms in total. The monoisotopic (exact) mass is 254 g/mol. The Hall–Kier alpha value is -0.570. The maximum atomic E-state index is 11.8. The zero-order chi connectivity index (χ0) is 13.4. The van der Waals surface area contributed by atoms with Gasteiger partial charge in [0, 0.05) is 12.1 Å². The number of carbonyl (C=O) groups is 1. The number of carbonyl (C=O) groups excluding carboxylic acids is 1. The summed E-state index contributed by atoms with van der Waals surface area (Å²) < 4.78 is 0. The molecule has 2 N–H and O–H groups in total. The van der Waals surface area contributed by atoms with Gasteiger partial charge in [-0.25, -0.2) is 0 Å². The van der Waals surface area contributed by atoms with Gasteiger partial charge in [-0.2, -0.15) is 0 Å². The van der Waals surface area contributed by atoms with Crippen LogP contribution < -0.4 is 10.6 Å². The van der Waals surface area contributed by atoms with Crippen LogP contribution in [-0.4, -0.2) is 24.5 Å². The van der Waals surface area contributed by atoms with Crippen molar-refractivity contribution < 1.29 is 4.79 Å². The molecule has 0 aromatic rings. The molecule has 3 heteroatoms. The van der Waals surface area contributed by atoms with E-state index in [-0.39, 0.29) is 5.91 Å². The summed E-state index contributed by atoms with van der Waals surface area (Å²) in [5, 5.41) is 6.47. The van der Waals surface area contributed by atoms with E-state index in [1.165, 1.54) is 32.1 Å². The van der Waals surface area contributed by atoms with Crippen molar-refractivity contribution in [3.63, 3.8) is 0 Å². The first-order valence-corrected chi connectivity index (χ1v) is 7.70. The van der Waals surface area contributed by atoms with Crippen LogP contribution in [0.25, 0.3) is 0 Å². The normalized spacial score (nSPS) is 18.9. The van der Waals surface area contributed by atoms with Gasteiger partial charge in [0.25, 0.3) is 0 Å². The third-order valence-electron chi connectivity index (χ3n) is 4.29. The summed E-state index contributed by atoms with van der Waals surface area (Å²) in [5.74, 6) is 0.908. The molecule has 0 aromatic heterocycles. The predicted octanol–water partition coefficient (Wildman–Crippen LogP) is 2.85. The van der Waals surface area contributed by atoms with Crippen molar-refractivity contribution in [1.29, 1.82) is 0 Å². The van der Waals surface area contributed by atoms with E-state index >= 15 is 0 Å². The molecular formula is C15H30N2O. The van der Waals surface area contributed by atoms with E-state index in [1.807, 2.05) is 0 Å².